The molecule has 0 saturated carbocycles. The quantitative estimate of drug-likeness (QED) is 0.587. The topological polar surface area (TPSA) is 9.23 Å². The largest absolute Gasteiger partial charge is 0.375 e. The molecule has 0 N–H and O–H groups in total. The van der Waals surface area contributed by atoms with Gasteiger partial charge in [-0.05, 0) is 38.0 Å². The van der Waals surface area contributed by atoms with Crippen LogP contribution in [0.3, 0.4) is 0 Å². The Morgan fingerprint density at radius 2 is 1.67 bits per heavy atom. The monoisotopic (exact) mass is 170 g/mol. The van der Waals surface area contributed by atoms with Gasteiger partial charge in [-0.15, -0.1) is 0 Å². The van der Waals surface area contributed by atoms with Crippen LogP contribution in [-0.2, 0) is 4.74 Å². The van der Waals surface area contributed by atoms with Crippen molar-refractivity contribution < 1.29 is 4.74 Å². The summed E-state index contributed by atoms with van der Waals surface area (Å²) < 4.78 is 5.84. The summed E-state index contributed by atoms with van der Waals surface area (Å²) in [7, 11) is 0. The van der Waals surface area contributed by atoms with Crippen molar-refractivity contribution in [3.8, 4) is 0 Å². The van der Waals surface area contributed by atoms with Crippen LogP contribution in [0.1, 0.15) is 47.5 Å². The number of rotatable bonds is 1. The average Bonchev–Trinajstić information content (AvgIpc) is 1.96. The predicted molar refractivity (Wildman–Crippen MR) is 52.2 cm³/mol. The Hall–Kier alpha value is -0.0400. The van der Waals surface area contributed by atoms with Crippen molar-refractivity contribution in [3.05, 3.63) is 0 Å². The van der Waals surface area contributed by atoms with Crippen LogP contribution in [0, 0.1) is 11.3 Å². The van der Waals surface area contributed by atoms with Crippen molar-refractivity contribution in [2.75, 3.05) is 6.61 Å². The first-order valence-corrected chi connectivity index (χ1v) is 5.00. The zero-order valence-electron chi connectivity index (χ0n) is 9.11. The molecular weight excluding hydrogens is 148 g/mol. The van der Waals surface area contributed by atoms with Gasteiger partial charge in [-0.2, -0.15) is 0 Å². The lowest BCUT2D eigenvalue weighted by atomic mass is 9.72. The molecule has 0 amide bonds. The van der Waals surface area contributed by atoms with Gasteiger partial charge in [-0.3, -0.25) is 0 Å². The van der Waals surface area contributed by atoms with Crippen LogP contribution in [0.15, 0.2) is 0 Å². The van der Waals surface area contributed by atoms with Gasteiger partial charge in [0.2, 0.25) is 0 Å². The van der Waals surface area contributed by atoms with Gasteiger partial charge in [0.1, 0.15) is 0 Å². The van der Waals surface area contributed by atoms with Crippen molar-refractivity contribution in [3.63, 3.8) is 0 Å². The molecule has 0 aromatic carbocycles. The molecule has 1 aliphatic heterocycles. The molecule has 1 aliphatic rings. The standard InChI is InChI=1S/C11H22O/c1-9(2)11(5)7-6-10(3,4)12-8-11/h9H,6-8H2,1-5H3. The molecule has 1 heterocycles. The SMILES string of the molecule is CC(C)C1(C)CCC(C)(C)OC1. The van der Waals surface area contributed by atoms with Gasteiger partial charge in [-0.1, -0.05) is 20.8 Å². The molecule has 1 heteroatoms. The van der Waals surface area contributed by atoms with E-state index in [1.165, 1.54) is 12.8 Å². The Bertz CT molecular complexity index is 148. The minimum atomic E-state index is 0.119. The Kier molecular flexibility index (Phi) is 2.53. The summed E-state index contributed by atoms with van der Waals surface area (Å²) in [6, 6.07) is 0. The van der Waals surface area contributed by atoms with E-state index in [9.17, 15) is 0 Å². The van der Waals surface area contributed by atoms with Gasteiger partial charge in [-0.25, -0.2) is 0 Å². The van der Waals surface area contributed by atoms with Gasteiger partial charge in [0.05, 0.1) is 12.2 Å². The Morgan fingerprint density at radius 3 is 2.00 bits per heavy atom. The van der Waals surface area contributed by atoms with Crippen LogP contribution in [0.25, 0.3) is 0 Å². The van der Waals surface area contributed by atoms with Crippen LogP contribution in [0.4, 0.5) is 0 Å². The summed E-state index contributed by atoms with van der Waals surface area (Å²) in [4.78, 5) is 0. The smallest absolute Gasteiger partial charge is 0.0627 e. The van der Waals surface area contributed by atoms with Gasteiger partial charge >= 0.3 is 0 Å². The maximum Gasteiger partial charge on any atom is 0.0627 e. The highest BCUT2D eigenvalue weighted by atomic mass is 16.5. The summed E-state index contributed by atoms with van der Waals surface area (Å²) in [6.07, 6.45) is 2.50. The molecule has 72 valence electrons. The highest BCUT2D eigenvalue weighted by molar-refractivity contribution is 4.86. The third-order valence-corrected chi connectivity index (χ3v) is 3.48. The number of hydrogen-bond acceptors (Lipinski definition) is 1. The van der Waals surface area contributed by atoms with E-state index in [1.807, 2.05) is 0 Å². The predicted octanol–water partition coefficient (Wildman–Crippen LogP) is 3.24. The zero-order chi connectivity index (χ0) is 9.41. The molecule has 0 radical (unpaired) electrons. The zero-order valence-corrected chi connectivity index (χ0v) is 9.11. The summed E-state index contributed by atoms with van der Waals surface area (Å²) in [5, 5.41) is 0. The molecule has 1 nitrogen and oxygen atoms in total. The van der Waals surface area contributed by atoms with E-state index in [2.05, 4.69) is 34.6 Å². The number of ether oxygens (including phenoxy) is 1. The van der Waals surface area contributed by atoms with Gasteiger partial charge in [0, 0.05) is 0 Å². The van der Waals surface area contributed by atoms with Crippen molar-refractivity contribution in [1.29, 1.82) is 0 Å². The van der Waals surface area contributed by atoms with Crippen LogP contribution >= 0.6 is 0 Å². The molecule has 1 fully saturated rings. The minimum absolute atomic E-state index is 0.119. The van der Waals surface area contributed by atoms with Crippen molar-refractivity contribution in [1.82, 2.24) is 0 Å². The van der Waals surface area contributed by atoms with Crippen LogP contribution in [-0.4, -0.2) is 12.2 Å². The van der Waals surface area contributed by atoms with Crippen LogP contribution in [0.2, 0.25) is 0 Å². The summed E-state index contributed by atoms with van der Waals surface area (Å²) in [6.45, 7) is 12.2. The van der Waals surface area contributed by atoms with E-state index in [0.29, 0.717) is 5.41 Å². The first-order chi connectivity index (χ1) is 5.36. The van der Waals surface area contributed by atoms with Gasteiger partial charge < -0.3 is 4.74 Å². The molecule has 1 rings (SSSR count). The maximum atomic E-state index is 5.84. The van der Waals surface area contributed by atoms with Gasteiger partial charge in [0.25, 0.3) is 0 Å². The molecule has 0 aromatic rings. The highest BCUT2D eigenvalue weighted by Gasteiger charge is 2.37. The normalized spacial score (nSPS) is 35.5. The molecule has 0 aromatic heterocycles. The second kappa shape index (κ2) is 3.02. The maximum absolute atomic E-state index is 5.84. The number of hydrogen-bond donors (Lipinski definition) is 0. The van der Waals surface area contributed by atoms with E-state index >= 15 is 0 Å². The fourth-order valence-corrected chi connectivity index (χ4v) is 1.55. The van der Waals surface area contributed by atoms with Crippen molar-refractivity contribution in [2.24, 2.45) is 11.3 Å². The Balaban J connectivity index is 2.55. The molecule has 12 heavy (non-hydrogen) atoms. The summed E-state index contributed by atoms with van der Waals surface area (Å²) in [5.74, 6) is 0.730. The molecule has 1 unspecified atom stereocenters. The van der Waals surface area contributed by atoms with E-state index < -0.39 is 0 Å². The summed E-state index contributed by atoms with van der Waals surface area (Å²) >= 11 is 0. The lowest BCUT2D eigenvalue weighted by molar-refractivity contribution is -0.121. The first-order valence-electron chi connectivity index (χ1n) is 5.00. The van der Waals surface area contributed by atoms with Crippen molar-refractivity contribution >= 4 is 0 Å². The third kappa shape index (κ3) is 2.01. The van der Waals surface area contributed by atoms with E-state index in [-0.39, 0.29) is 5.60 Å². The van der Waals surface area contributed by atoms with E-state index in [0.717, 1.165) is 12.5 Å². The Morgan fingerprint density at radius 1 is 1.08 bits per heavy atom. The van der Waals surface area contributed by atoms with E-state index in [1.54, 1.807) is 0 Å². The fraction of sp³-hybridized carbons (Fsp3) is 1.00. The van der Waals surface area contributed by atoms with Crippen molar-refractivity contribution in [2.45, 2.75) is 53.1 Å². The van der Waals surface area contributed by atoms with Gasteiger partial charge in [0.15, 0.2) is 0 Å². The highest BCUT2D eigenvalue weighted by Crippen LogP contribution is 2.40. The first kappa shape index (κ1) is 10.0. The second-order valence-electron chi connectivity index (χ2n) is 5.36. The average molecular weight is 170 g/mol. The lowest BCUT2D eigenvalue weighted by Crippen LogP contribution is -2.42. The third-order valence-electron chi connectivity index (χ3n) is 3.48. The fourth-order valence-electron chi connectivity index (χ4n) is 1.55. The Labute approximate surface area is 76.5 Å². The molecule has 0 aliphatic carbocycles. The molecule has 0 bridgehead atoms. The lowest BCUT2D eigenvalue weighted by Gasteiger charge is -2.44. The van der Waals surface area contributed by atoms with Crippen LogP contribution < -0.4 is 0 Å². The van der Waals surface area contributed by atoms with E-state index in [4.69, 9.17) is 4.74 Å². The molecule has 1 saturated heterocycles. The minimum Gasteiger partial charge on any atom is -0.375 e. The van der Waals surface area contributed by atoms with Crippen LogP contribution in [0.5, 0.6) is 0 Å². The molecule has 0 spiro atoms. The second-order valence-corrected chi connectivity index (χ2v) is 5.36. The molecule has 1 atom stereocenters. The summed E-state index contributed by atoms with van der Waals surface area (Å²) in [5.41, 5.74) is 0.532. The molecular formula is C11H22O.